The summed E-state index contributed by atoms with van der Waals surface area (Å²) < 4.78 is 5.41. The Kier molecular flexibility index (Phi) is 5.31. The van der Waals surface area contributed by atoms with Crippen LogP contribution in [0.5, 0.6) is 0 Å². The van der Waals surface area contributed by atoms with Crippen molar-refractivity contribution in [2.24, 2.45) is 5.92 Å². The molecule has 1 aliphatic heterocycles. The largest absolute Gasteiger partial charge is 0.464 e. The molecule has 0 unspecified atom stereocenters. The molecular formula is C14H21NO3S. The Morgan fingerprint density at radius 2 is 2.26 bits per heavy atom. The summed E-state index contributed by atoms with van der Waals surface area (Å²) in [6.07, 6.45) is 7.92. The first-order chi connectivity index (χ1) is 9.22. The zero-order chi connectivity index (χ0) is 13.7. The summed E-state index contributed by atoms with van der Waals surface area (Å²) in [6.45, 7) is 2.31. The second-order valence-corrected chi connectivity index (χ2v) is 6.01. The van der Waals surface area contributed by atoms with E-state index >= 15 is 0 Å². The molecule has 2 aliphatic rings. The summed E-state index contributed by atoms with van der Waals surface area (Å²) in [4.78, 5) is 25.4. The third-order valence-electron chi connectivity index (χ3n) is 3.62. The third-order valence-corrected chi connectivity index (χ3v) is 4.63. The molecule has 1 fully saturated rings. The van der Waals surface area contributed by atoms with E-state index in [1.54, 1.807) is 16.7 Å². The quantitative estimate of drug-likeness (QED) is 0.586. The summed E-state index contributed by atoms with van der Waals surface area (Å²) in [5, 5.41) is 0. The second-order valence-electron chi connectivity index (χ2n) is 5.01. The number of thioether (sulfide) groups is 1. The van der Waals surface area contributed by atoms with Crippen molar-refractivity contribution in [1.82, 2.24) is 4.90 Å². The molecule has 1 saturated heterocycles. The first-order valence-electron chi connectivity index (χ1n) is 6.91. The molecule has 0 radical (unpaired) electrons. The Balaban J connectivity index is 1.81. The van der Waals surface area contributed by atoms with Gasteiger partial charge in [-0.15, -0.1) is 11.8 Å². The highest BCUT2D eigenvalue weighted by Gasteiger charge is 2.35. The molecule has 0 bridgehead atoms. The SMILES string of the molecule is CCC(=O)N1CSC[C@H]1C(=O)OC[C@H]1CC=CCC1. The summed E-state index contributed by atoms with van der Waals surface area (Å²) in [7, 11) is 0. The number of carbonyl (C=O) groups excluding carboxylic acids is 2. The fourth-order valence-corrected chi connectivity index (χ4v) is 3.56. The number of hydrogen-bond acceptors (Lipinski definition) is 4. The average molecular weight is 283 g/mol. The highest BCUT2D eigenvalue weighted by Crippen LogP contribution is 2.24. The Morgan fingerprint density at radius 1 is 1.42 bits per heavy atom. The molecular weight excluding hydrogens is 262 g/mol. The van der Waals surface area contributed by atoms with Crippen LogP contribution >= 0.6 is 11.8 Å². The topological polar surface area (TPSA) is 46.6 Å². The zero-order valence-corrected chi connectivity index (χ0v) is 12.2. The van der Waals surface area contributed by atoms with Crippen LogP contribution in [-0.2, 0) is 14.3 Å². The van der Waals surface area contributed by atoms with Gasteiger partial charge in [0.2, 0.25) is 5.91 Å². The van der Waals surface area contributed by atoms with E-state index in [1.807, 2.05) is 6.92 Å². The molecule has 2 rings (SSSR count). The van der Waals surface area contributed by atoms with Gasteiger partial charge in [0.1, 0.15) is 6.04 Å². The fraction of sp³-hybridized carbons (Fsp3) is 0.714. The van der Waals surface area contributed by atoms with Crippen LogP contribution in [0.15, 0.2) is 12.2 Å². The molecule has 19 heavy (non-hydrogen) atoms. The van der Waals surface area contributed by atoms with Gasteiger partial charge in [-0.1, -0.05) is 19.1 Å². The van der Waals surface area contributed by atoms with Gasteiger partial charge in [-0.05, 0) is 25.2 Å². The molecule has 4 nitrogen and oxygen atoms in total. The van der Waals surface area contributed by atoms with Gasteiger partial charge in [0.05, 0.1) is 12.5 Å². The lowest BCUT2D eigenvalue weighted by molar-refractivity contribution is -0.154. The van der Waals surface area contributed by atoms with Gasteiger partial charge in [-0.2, -0.15) is 0 Å². The molecule has 106 valence electrons. The van der Waals surface area contributed by atoms with Crippen molar-refractivity contribution >= 4 is 23.6 Å². The van der Waals surface area contributed by atoms with Crippen molar-refractivity contribution in [2.75, 3.05) is 18.2 Å². The van der Waals surface area contributed by atoms with E-state index < -0.39 is 0 Å². The van der Waals surface area contributed by atoms with E-state index in [1.165, 1.54) is 0 Å². The van der Waals surface area contributed by atoms with E-state index in [0.29, 0.717) is 30.6 Å². The number of rotatable bonds is 4. The van der Waals surface area contributed by atoms with Crippen molar-refractivity contribution in [3.05, 3.63) is 12.2 Å². The van der Waals surface area contributed by atoms with Gasteiger partial charge >= 0.3 is 5.97 Å². The fourth-order valence-electron chi connectivity index (χ4n) is 2.39. The number of ether oxygens (including phenoxy) is 1. The first kappa shape index (κ1) is 14.4. The number of carbonyl (C=O) groups is 2. The van der Waals surface area contributed by atoms with Gasteiger partial charge in [0.15, 0.2) is 0 Å². The van der Waals surface area contributed by atoms with Crippen LogP contribution in [0, 0.1) is 5.92 Å². The highest BCUT2D eigenvalue weighted by molar-refractivity contribution is 7.99. The molecule has 0 N–H and O–H groups in total. The number of hydrogen-bond donors (Lipinski definition) is 0. The van der Waals surface area contributed by atoms with Crippen LogP contribution in [0.4, 0.5) is 0 Å². The van der Waals surface area contributed by atoms with E-state index in [0.717, 1.165) is 19.3 Å². The predicted octanol–water partition coefficient (Wildman–Crippen LogP) is 2.20. The Hall–Kier alpha value is -0.970. The first-order valence-corrected chi connectivity index (χ1v) is 8.06. The van der Waals surface area contributed by atoms with Crippen LogP contribution < -0.4 is 0 Å². The lowest BCUT2D eigenvalue weighted by atomic mass is 9.95. The lowest BCUT2D eigenvalue weighted by Crippen LogP contribution is -2.42. The van der Waals surface area contributed by atoms with E-state index in [9.17, 15) is 9.59 Å². The van der Waals surface area contributed by atoms with Gasteiger partial charge in [0.25, 0.3) is 0 Å². The molecule has 0 aromatic carbocycles. The number of amides is 1. The summed E-state index contributed by atoms with van der Waals surface area (Å²) in [6, 6.07) is -0.378. The van der Waals surface area contributed by atoms with Crippen LogP contribution in [0.2, 0.25) is 0 Å². The molecule has 5 heteroatoms. The molecule has 1 amide bonds. The Morgan fingerprint density at radius 3 is 2.95 bits per heavy atom. The van der Waals surface area contributed by atoms with Gasteiger partial charge in [-0.25, -0.2) is 4.79 Å². The minimum Gasteiger partial charge on any atom is -0.464 e. The molecule has 1 heterocycles. The number of nitrogens with zero attached hydrogens (tertiary/aromatic N) is 1. The summed E-state index contributed by atoms with van der Waals surface area (Å²) in [5.74, 6) is 1.51. The van der Waals surface area contributed by atoms with Crippen LogP contribution in [0.3, 0.4) is 0 Å². The minimum absolute atomic E-state index is 0.0348. The second kappa shape index (κ2) is 6.98. The summed E-state index contributed by atoms with van der Waals surface area (Å²) in [5.41, 5.74) is 0. The maximum absolute atomic E-state index is 12.1. The van der Waals surface area contributed by atoms with E-state index in [4.69, 9.17) is 4.74 Å². The van der Waals surface area contributed by atoms with Crippen molar-refractivity contribution in [1.29, 1.82) is 0 Å². The van der Waals surface area contributed by atoms with E-state index in [2.05, 4.69) is 12.2 Å². The standard InChI is InChI=1S/C14H21NO3S/c1-2-13(16)15-10-19-9-12(15)14(17)18-8-11-6-4-3-5-7-11/h3-4,11-12H,2,5-10H2,1H3/t11-,12-/m0/s1. The van der Waals surface area contributed by atoms with Crippen molar-refractivity contribution < 1.29 is 14.3 Å². The lowest BCUT2D eigenvalue weighted by Gasteiger charge is -2.23. The molecule has 0 saturated carbocycles. The van der Waals surface area contributed by atoms with Crippen molar-refractivity contribution in [3.63, 3.8) is 0 Å². The highest BCUT2D eigenvalue weighted by atomic mass is 32.2. The van der Waals surface area contributed by atoms with Gasteiger partial charge < -0.3 is 9.64 Å². The number of allylic oxidation sites excluding steroid dienone is 2. The maximum atomic E-state index is 12.1. The van der Waals surface area contributed by atoms with Crippen LogP contribution in [-0.4, -0.2) is 41.1 Å². The van der Waals surface area contributed by atoms with Crippen molar-refractivity contribution in [2.45, 2.75) is 38.6 Å². The smallest absolute Gasteiger partial charge is 0.329 e. The van der Waals surface area contributed by atoms with Crippen LogP contribution in [0.1, 0.15) is 32.6 Å². The summed E-state index contributed by atoms with van der Waals surface area (Å²) >= 11 is 1.62. The maximum Gasteiger partial charge on any atom is 0.329 e. The predicted molar refractivity (Wildman–Crippen MR) is 75.7 cm³/mol. The van der Waals surface area contributed by atoms with Gasteiger partial charge in [-0.3, -0.25) is 4.79 Å². The Bertz CT molecular complexity index is 370. The van der Waals surface area contributed by atoms with Gasteiger partial charge in [0, 0.05) is 12.2 Å². The Labute approximate surface area is 118 Å². The van der Waals surface area contributed by atoms with Crippen LogP contribution in [0.25, 0.3) is 0 Å². The van der Waals surface area contributed by atoms with E-state index in [-0.39, 0.29) is 17.9 Å². The minimum atomic E-state index is -0.378. The molecule has 0 aromatic heterocycles. The third kappa shape index (κ3) is 3.75. The molecule has 1 aliphatic carbocycles. The normalized spacial score (nSPS) is 26.5. The van der Waals surface area contributed by atoms with Crippen molar-refractivity contribution in [3.8, 4) is 0 Å². The molecule has 0 aromatic rings. The number of esters is 1. The molecule has 2 atom stereocenters. The average Bonchev–Trinajstić information content (AvgIpc) is 2.94. The zero-order valence-electron chi connectivity index (χ0n) is 11.3. The monoisotopic (exact) mass is 283 g/mol. The molecule has 0 spiro atoms.